The fraction of sp³-hybridized carbons (Fsp3) is 0.500. The van der Waals surface area contributed by atoms with Crippen molar-refractivity contribution in [1.82, 2.24) is 10.3 Å². The van der Waals surface area contributed by atoms with E-state index in [2.05, 4.69) is 10.3 Å². The van der Waals surface area contributed by atoms with Crippen LogP contribution in [0.15, 0.2) is 27.2 Å². The number of aryl methyl sites for hydroxylation is 1. The van der Waals surface area contributed by atoms with Crippen molar-refractivity contribution in [2.45, 2.75) is 51.2 Å². The molecular weight excluding hydrogens is 284 g/mol. The molecule has 1 fully saturated rings. The molecule has 2 heterocycles. The molecule has 1 amide bonds. The Kier molecular flexibility index (Phi) is 4.29. The Hall–Kier alpha value is -2.08. The highest BCUT2D eigenvalue weighted by molar-refractivity contribution is 5.78. The van der Waals surface area contributed by atoms with Crippen LogP contribution in [0.5, 0.6) is 0 Å². The third-order valence-electron chi connectivity index (χ3n) is 4.03. The van der Waals surface area contributed by atoms with Crippen LogP contribution < -0.4 is 5.32 Å². The fourth-order valence-corrected chi connectivity index (χ4v) is 2.79. The molecule has 6 heteroatoms. The van der Waals surface area contributed by atoms with Gasteiger partial charge in [-0.3, -0.25) is 4.79 Å². The average molecular weight is 304 g/mol. The van der Waals surface area contributed by atoms with E-state index in [1.807, 2.05) is 0 Å². The van der Waals surface area contributed by atoms with Crippen LogP contribution in [-0.2, 0) is 11.2 Å². The first kappa shape index (κ1) is 14.8. The van der Waals surface area contributed by atoms with Crippen LogP contribution in [0, 0.1) is 6.92 Å². The molecule has 0 aromatic carbocycles. The van der Waals surface area contributed by atoms with E-state index in [9.17, 15) is 9.90 Å². The molecule has 3 rings (SSSR count). The summed E-state index contributed by atoms with van der Waals surface area (Å²) >= 11 is 0. The summed E-state index contributed by atoms with van der Waals surface area (Å²) in [7, 11) is 0. The highest BCUT2D eigenvalue weighted by atomic mass is 16.4. The minimum absolute atomic E-state index is 0.138. The monoisotopic (exact) mass is 304 g/mol. The molecule has 1 aliphatic rings. The summed E-state index contributed by atoms with van der Waals surface area (Å²) in [6.07, 6.45) is 4.86. The number of nitrogens with zero attached hydrogens (tertiary/aromatic N) is 1. The summed E-state index contributed by atoms with van der Waals surface area (Å²) in [6, 6.07) is 3.36. The topological polar surface area (TPSA) is 88.5 Å². The summed E-state index contributed by atoms with van der Waals surface area (Å²) in [5.41, 5.74) is 0.592. The van der Waals surface area contributed by atoms with Gasteiger partial charge < -0.3 is 19.3 Å². The second-order valence-electron chi connectivity index (χ2n) is 5.70. The summed E-state index contributed by atoms with van der Waals surface area (Å²) in [5.74, 6) is 1.37. The highest BCUT2D eigenvalue weighted by Gasteiger charge is 2.25. The molecule has 1 aliphatic carbocycles. The van der Waals surface area contributed by atoms with Crippen LogP contribution in [0.4, 0.5) is 0 Å². The van der Waals surface area contributed by atoms with Crippen molar-refractivity contribution in [3.8, 4) is 11.7 Å². The van der Waals surface area contributed by atoms with E-state index in [-0.39, 0.29) is 18.4 Å². The van der Waals surface area contributed by atoms with Gasteiger partial charge in [0.2, 0.25) is 5.91 Å². The smallest absolute Gasteiger partial charge is 0.263 e. The van der Waals surface area contributed by atoms with Gasteiger partial charge in [0.15, 0.2) is 5.76 Å². The first-order valence-electron chi connectivity index (χ1n) is 7.61. The normalized spacial score (nSPS) is 21.7. The predicted molar refractivity (Wildman–Crippen MR) is 79.1 cm³/mol. The van der Waals surface area contributed by atoms with Gasteiger partial charge in [-0.25, -0.2) is 4.98 Å². The van der Waals surface area contributed by atoms with E-state index >= 15 is 0 Å². The summed E-state index contributed by atoms with van der Waals surface area (Å²) < 4.78 is 10.8. The average Bonchev–Trinajstić information content (AvgIpc) is 3.12. The van der Waals surface area contributed by atoms with Gasteiger partial charge in [0.1, 0.15) is 5.76 Å². The molecule has 0 radical (unpaired) electrons. The Balaban J connectivity index is 1.64. The zero-order chi connectivity index (χ0) is 15.5. The minimum Gasteiger partial charge on any atom is -0.459 e. The maximum Gasteiger partial charge on any atom is 0.263 e. The third-order valence-corrected chi connectivity index (χ3v) is 4.03. The predicted octanol–water partition coefficient (Wildman–Crippen LogP) is 2.21. The van der Waals surface area contributed by atoms with Gasteiger partial charge >= 0.3 is 0 Å². The van der Waals surface area contributed by atoms with Crippen LogP contribution in [0.2, 0.25) is 0 Å². The molecule has 1 saturated carbocycles. The van der Waals surface area contributed by atoms with Gasteiger partial charge in [-0.1, -0.05) is 12.8 Å². The number of furan rings is 1. The molecule has 2 aromatic heterocycles. The van der Waals surface area contributed by atoms with Gasteiger partial charge in [-0.2, -0.15) is 0 Å². The first-order valence-corrected chi connectivity index (χ1v) is 7.61. The number of carbonyl (C=O) groups excluding carboxylic acids is 1. The second-order valence-corrected chi connectivity index (χ2v) is 5.70. The number of rotatable bonds is 4. The van der Waals surface area contributed by atoms with Crippen LogP contribution in [0.1, 0.15) is 37.1 Å². The zero-order valence-corrected chi connectivity index (χ0v) is 12.5. The highest BCUT2D eigenvalue weighted by Crippen LogP contribution is 2.23. The quantitative estimate of drug-likeness (QED) is 0.904. The Morgan fingerprint density at radius 3 is 3.00 bits per heavy atom. The van der Waals surface area contributed by atoms with Gasteiger partial charge in [0, 0.05) is 0 Å². The van der Waals surface area contributed by atoms with Crippen molar-refractivity contribution in [3.05, 3.63) is 29.9 Å². The van der Waals surface area contributed by atoms with E-state index in [0.717, 1.165) is 25.7 Å². The lowest BCUT2D eigenvalue weighted by Crippen LogP contribution is -2.45. The van der Waals surface area contributed by atoms with Crippen LogP contribution in [-0.4, -0.2) is 28.1 Å². The first-order chi connectivity index (χ1) is 10.6. The Morgan fingerprint density at radius 1 is 1.45 bits per heavy atom. The number of oxazole rings is 1. The molecule has 2 atom stereocenters. The Morgan fingerprint density at radius 2 is 2.27 bits per heavy atom. The van der Waals surface area contributed by atoms with Gasteiger partial charge in [0.05, 0.1) is 30.5 Å². The molecule has 2 unspecified atom stereocenters. The lowest BCUT2D eigenvalue weighted by molar-refractivity contribution is -0.122. The molecule has 6 nitrogen and oxygen atoms in total. The lowest BCUT2D eigenvalue weighted by atomic mass is 9.92. The molecule has 0 bridgehead atoms. The Bertz CT molecular complexity index is 633. The van der Waals surface area contributed by atoms with Gasteiger partial charge in [-0.15, -0.1) is 0 Å². The van der Waals surface area contributed by atoms with Gasteiger partial charge in [0.25, 0.3) is 5.89 Å². The number of carbonyl (C=O) groups is 1. The molecule has 0 aliphatic heterocycles. The number of aromatic nitrogens is 1. The van der Waals surface area contributed by atoms with Crippen molar-refractivity contribution in [2.24, 2.45) is 0 Å². The number of hydrogen-bond acceptors (Lipinski definition) is 5. The van der Waals surface area contributed by atoms with E-state index in [4.69, 9.17) is 8.83 Å². The number of hydrogen-bond donors (Lipinski definition) is 2. The summed E-state index contributed by atoms with van der Waals surface area (Å²) in [4.78, 5) is 16.5. The van der Waals surface area contributed by atoms with Crippen molar-refractivity contribution in [1.29, 1.82) is 0 Å². The number of amides is 1. The summed E-state index contributed by atoms with van der Waals surface area (Å²) in [5, 5.41) is 12.8. The van der Waals surface area contributed by atoms with Crippen molar-refractivity contribution < 1.29 is 18.7 Å². The maximum atomic E-state index is 12.1. The van der Waals surface area contributed by atoms with Crippen LogP contribution >= 0.6 is 0 Å². The largest absolute Gasteiger partial charge is 0.459 e. The minimum atomic E-state index is -0.449. The molecule has 2 N–H and O–H groups in total. The maximum absolute atomic E-state index is 12.1. The van der Waals surface area contributed by atoms with E-state index in [1.165, 1.54) is 0 Å². The number of nitrogens with one attached hydrogen (secondary N) is 1. The standard InChI is InChI=1S/C16H20N2O4/c1-10-12(18-16(22-10)14-7-4-8-21-14)9-15(20)17-11-5-2-3-6-13(11)19/h4,7-8,11,13,19H,2-3,5-6,9H2,1H3,(H,17,20). The van der Waals surface area contributed by atoms with Crippen molar-refractivity contribution in [3.63, 3.8) is 0 Å². The van der Waals surface area contributed by atoms with Crippen LogP contribution in [0.3, 0.4) is 0 Å². The third kappa shape index (κ3) is 3.22. The molecule has 118 valence electrons. The molecule has 22 heavy (non-hydrogen) atoms. The molecule has 0 spiro atoms. The second kappa shape index (κ2) is 6.36. The number of aliphatic hydroxyl groups excluding tert-OH is 1. The zero-order valence-electron chi connectivity index (χ0n) is 12.5. The van der Waals surface area contributed by atoms with E-state index in [1.54, 1.807) is 25.3 Å². The van der Waals surface area contributed by atoms with Crippen LogP contribution in [0.25, 0.3) is 11.7 Å². The Labute approximate surface area is 128 Å². The van der Waals surface area contributed by atoms with Crippen molar-refractivity contribution in [2.75, 3.05) is 0 Å². The van der Waals surface area contributed by atoms with Crippen molar-refractivity contribution >= 4 is 5.91 Å². The van der Waals surface area contributed by atoms with E-state index in [0.29, 0.717) is 23.1 Å². The molecule has 0 saturated heterocycles. The fourth-order valence-electron chi connectivity index (χ4n) is 2.79. The SMILES string of the molecule is Cc1oc(-c2ccco2)nc1CC(=O)NC1CCCCC1O. The van der Waals surface area contributed by atoms with Gasteiger partial charge in [-0.05, 0) is 31.9 Å². The number of aliphatic hydroxyl groups is 1. The summed E-state index contributed by atoms with van der Waals surface area (Å²) in [6.45, 7) is 1.78. The van der Waals surface area contributed by atoms with E-state index < -0.39 is 6.10 Å². The molecule has 2 aromatic rings. The molecular formula is C16H20N2O4. The lowest BCUT2D eigenvalue weighted by Gasteiger charge is -2.28.